The summed E-state index contributed by atoms with van der Waals surface area (Å²) < 4.78 is 43.9. The highest BCUT2D eigenvalue weighted by molar-refractivity contribution is 5.31. The van der Waals surface area contributed by atoms with Crippen molar-refractivity contribution in [2.75, 3.05) is 33.0 Å². The monoisotopic (exact) mass is 624 g/mol. The van der Waals surface area contributed by atoms with Crippen LogP contribution < -0.4 is 9.47 Å². The predicted octanol–water partition coefficient (Wildman–Crippen LogP) is 9.75. The Bertz CT molecular complexity index is 1040. The highest BCUT2D eigenvalue weighted by Crippen LogP contribution is 2.34. The van der Waals surface area contributed by atoms with Gasteiger partial charge in [0.05, 0.1) is 31.5 Å². The number of unbranched alkanes of at least 4 members (excludes halogenated alkanes) is 5. The zero-order valence-electron chi connectivity index (χ0n) is 27.7. The van der Waals surface area contributed by atoms with E-state index in [2.05, 4.69) is 13.0 Å². The third kappa shape index (κ3) is 13.5. The molecular weight excluding hydrogens is 567 g/mol. The number of hydrogen-bond donors (Lipinski definition) is 0. The lowest BCUT2D eigenvalue weighted by Gasteiger charge is -2.29. The Hall–Kier alpha value is -2.28. The van der Waals surface area contributed by atoms with Crippen molar-refractivity contribution < 1.29 is 28.1 Å². The van der Waals surface area contributed by atoms with Crippen LogP contribution in [0, 0.1) is 26.1 Å². The smallest absolute Gasteiger partial charge is 0.126 e. The van der Waals surface area contributed by atoms with Gasteiger partial charge in [0, 0.05) is 19.8 Å². The van der Waals surface area contributed by atoms with Crippen LogP contribution in [0.15, 0.2) is 42.5 Å². The first-order valence-corrected chi connectivity index (χ1v) is 17.7. The van der Waals surface area contributed by atoms with Gasteiger partial charge in [-0.25, -0.2) is 4.39 Å². The fourth-order valence-corrected chi connectivity index (χ4v) is 6.39. The molecule has 0 amide bonds. The van der Waals surface area contributed by atoms with Gasteiger partial charge < -0.3 is 23.7 Å². The summed E-state index contributed by atoms with van der Waals surface area (Å²) in [4.78, 5) is 0. The summed E-state index contributed by atoms with van der Waals surface area (Å²) in [5.74, 6) is 2.15. The van der Waals surface area contributed by atoms with Crippen LogP contribution in [0.4, 0.5) is 4.39 Å². The van der Waals surface area contributed by atoms with Crippen LogP contribution in [-0.4, -0.2) is 51.3 Å². The first kappa shape index (κ1) is 35.6. The molecule has 2 aliphatic carbocycles. The third-order valence-corrected chi connectivity index (χ3v) is 9.28. The van der Waals surface area contributed by atoms with Crippen LogP contribution in [0.1, 0.15) is 113 Å². The molecule has 2 fully saturated rings. The molecule has 0 saturated heterocycles. The Balaban J connectivity index is 0.910. The van der Waals surface area contributed by atoms with Crippen molar-refractivity contribution in [3.8, 4) is 11.5 Å². The molecular formula is C39H57FO5. The Labute approximate surface area is 272 Å². The third-order valence-electron chi connectivity index (χ3n) is 9.28. The molecule has 6 heteroatoms. The average molecular weight is 625 g/mol. The van der Waals surface area contributed by atoms with Gasteiger partial charge in [0.1, 0.15) is 17.3 Å². The second-order valence-corrected chi connectivity index (χ2v) is 12.9. The van der Waals surface area contributed by atoms with E-state index in [1.54, 1.807) is 6.07 Å². The van der Waals surface area contributed by atoms with Crippen LogP contribution in [0.25, 0.3) is 0 Å². The second-order valence-electron chi connectivity index (χ2n) is 12.9. The zero-order valence-corrected chi connectivity index (χ0v) is 27.7. The molecule has 0 aliphatic heterocycles. The number of hydrogen-bond acceptors (Lipinski definition) is 5. The van der Waals surface area contributed by atoms with Gasteiger partial charge >= 0.3 is 0 Å². The van der Waals surface area contributed by atoms with E-state index in [-0.39, 0.29) is 5.82 Å². The van der Waals surface area contributed by atoms with Gasteiger partial charge in [0.25, 0.3) is 0 Å². The Morgan fingerprint density at radius 1 is 0.622 bits per heavy atom. The van der Waals surface area contributed by atoms with E-state index in [9.17, 15) is 4.39 Å². The summed E-state index contributed by atoms with van der Waals surface area (Å²) in [6.07, 6.45) is 19.2. The van der Waals surface area contributed by atoms with E-state index < -0.39 is 0 Å². The number of ether oxygens (including phenoxy) is 5. The summed E-state index contributed by atoms with van der Waals surface area (Å²) in [6, 6.07) is 13.6. The first-order chi connectivity index (χ1) is 22.1. The normalized spacial score (nSPS) is 21.9. The van der Waals surface area contributed by atoms with E-state index >= 15 is 0 Å². The number of halogens is 1. The molecule has 45 heavy (non-hydrogen) atoms. The molecule has 250 valence electrons. The van der Waals surface area contributed by atoms with Crippen molar-refractivity contribution >= 4 is 0 Å². The van der Waals surface area contributed by atoms with Crippen LogP contribution >= 0.6 is 0 Å². The molecule has 2 saturated carbocycles. The minimum Gasteiger partial charge on any atom is -0.496 e. The maximum Gasteiger partial charge on any atom is 0.126 e. The van der Waals surface area contributed by atoms with Crippen LogP contribution in [0.5, 0.6) is 11.5 Å². The predicted molar refractivity (Wildman–Crippen MR) is 179 cm³/mol. The molecule has 0 unspecified atom stereocenters. The topological polar surface area (TPSA) is 46.2 Å². The molecule has 0 spiro atoms. The second kappa shape index (κ2) is 20.8. The summed E-state index contributed by atoms with van der Waals surface area (Å²) in [7, 11) is 0. The maximum absolute atomic E-state index is 13.9. The highest BCUT2D eigenvalue weighted by atomic mass is 19.1. The molecule has 0 N–H and O–H groups in total. The molecule has 0 aromatic heterocycles. The average Bonchev–Trinajstić information content (AvgIpc) is 3.07. The lowest BCUT2D eigenvalue weighted by molar-refractivity contribution is -0.0349. The lowest BCUT2D eigenvalue weighted by atomic mass is 9.82. The summed E-state index contributed by atoms with van der Waals surface area (Å²) >= 11 is 0. The minimum atomic E-state index is -0.0836. The molecule has 5 nitrogen and oxygen atoms in total. The van der Waals surface area contributed by atoms with Crippen molar-refractivity contribution in [2.24, 2.45) is 0 Å². The lowest BCUT2D eigenvalue weighted by Crippen LogP contribution is -2.27. The van der Waals surface area contributed by atoms with Crippen molar-refractivity contribution in [3.05, 3.63) is 72.8 Å². The Kier molecular flexibility index (Phi) is 16.4. The van der Waals surface area contributed by atoms with Crippen molar-refractivity contribution in [2.45, 2.75) is 127 Å². The molecule has 0 heterocycles. The number of rotatable bonds is 21. The van der Waals surface area contributed by atoms with Gasteiger partial charge in [-0.05, 0) is 138 Å². The number of aryl methyl sites for hydroxylation is 1. The highest BCUT2D eigenvalue weighted by Gasteiger charge is 2.24. The molecule has 0 bridgehead atoms. The van der Waals surface area contributed by atoms with E-state index in [0.717, 1.165) is 139 Å². The maximum atomic E-state index is 13.9. The Morgan fingerprint density at radius 2 is 1.09 bits per heavy atom. The van der Waals surface area contributed by atoms with Crippen molar-refractivity contribution in [1.29, 1.82) is 0 Å². The minimum absolute atomic E-state index is 0.0836. The van der Waals surface area contributed by atoms with Gasteiger partial charge in [-0.2, -0.15) is 0 Å². The fourth-order valence-electron chi connectivity index (χ4n) is 6.39. The fraction of sp³-hybridized carbons (Fsp3) is 0.641. The van der Waals surface area contributed by atoms with Gasteiger partial charge in [-0.3, -0.25) is 0 Å². The van der Waals surface area contributed by atoms with Gasteiger partial charge in [-0.15, -0.1) is 12.8 Å². The molecule has 2 aromatic rings. The van der Waals surface area contributed by atoms with Crippen LogP contribution in [-0.2, 0) is 14.2 Å². The largest absolute Gasteiger partial charge is 0.496 e. The first-order valence-electron chi connectivity index (χ1n) is 17.7. The van der Waals surface area contributed by atoms with Crippen LogP contribution in [0.2, 0.25) is 0 Å². The molecule has 4 rings (SSSR count). The summed E-state index contributed by atoms with van der Waals surface area (Å²) in [6.45, 7) is 9.43. The molecule has 2 aromatic carbocycles. The standard InChI is InChI=1S/C39H57FO5/c1-3-4-25-41-35-17-19-36(20-18-35)42-26-7-5-6-8-27-43-37-21-23-38(24-22-37)45-29-10-9-28-44-34-15-13-32(14-16-34)33-12-11-31(2)39(40)30-33/h3,11-12,17-20,30,32,34,37-38H,1,4-10,13-16,21-29H2,2H3. The van der Waals surface area contributed by atoms with Gasteiger partial charge in [0.2, 0.25) is 0 Å². The van der Waals surface area contributed by atoms with E-state index in [4.69, 9.17) is 23.7 Å². The molecule has 0 radical (unpaired) electrons. The molecule has 2 aliphatic rings. The van der Waals surface area contributed by atoms with E-state index in [0.29, 0.717) is 30.8 Å². The van der Waals surface area contributed by atoms with Crippen molar-refractivity contribution in [3.63, 3.8) is 0 Å². The van der Waals surface area contributed by atoms with Crippen LogP contribution in [0.3, 0.4) is 0 Å². The van der Waals surface area contributed by atoms with Gasteiger partial charge in [-0.1, -0.05) is 25.5 Å². The van der Waals surface area contributed by atoms with Crippen molar-refractivity contribution in [1.82, 2.24) is 0 Å². The van der Waals surface area contributed by atoms with E-state index in [1.165, 1.54) is 6.42 Å². The summed E-state index contributed by atoms with van der Waals surface area (Å²) in [5, 5.41) is 0. The molecule has 0 atom stereocenters. The quantitative estimate of drug-likeness (QED) is 0.102. The van der Waals surface area contributed by atoms with Gasteiger partial charge in [0.15, 0.2) is 0 Å². The van der Waals surface area contributed by atoms with E-state index in [1.807, 2.05) is 43.7 Å². The number of benzene rings is 2. The summed E-state index contributed by atoms with van der Waals surface area (Å²) in [5.41, 5.74) is 1.87. The Morgan fingerprint density at radius 3 is 1.60 bits per heavy atom. The SMILES string of the molecule is [CH2+][CH-]CCOc1ccc(OCCCCCCOC2CCC(OCCCCOC3CCC(c4ccc(C)c(F)c4)CC3)CC2)cc1. The zero-order chi connectivity index (χ0) is 31.5.